The molecule has 2 aliphatic carbocycles. The monoisotopic (exact) mass is 444 g/mol. The van der Waals surface area contributed by atoms with E-state index in [1.807, 2.05) is 0 Å². The highest BCUT2D eigenvalue weighted by atomic mass is 16.3. The molecule has 34 heavy (non-hydrogen) atoms. The maximum atomic E-state index is 6.99. The van der Waals surface area contributed by atoms with Crippen LogP contribution in [0.2, 0.25) is 0 Å². The van der Waals surface area contributed by atoms with Gasteiger partial charge in [0, 0.05) is 33.4 Å². The Labute approximate surface area is 200 Å². The summed E-state index contributed by atoms with van der Waals surface area (Å²) in [4.78, 5) is 0. The second-order valence-electron chi connectivity index (χ2n) is 10.6. The summed E-state index contributed by atoms with van der Waals surface area (Å²) in [5.74, 6) is 0. The molecule has 0 saturated heterocycles. The highest BCUT2D eigenvalue weighted by Gasteiger charge is 2.47. The summed E-state index contributed by atoms with van der Waals surface area (Å²) in [6.07, 6.45) is 7.23. The van der Waals surface area contributed by atoms with Gasteiger partial charge in [0.2, 0.25) is 5.69 Å². The Balaban J connectivity index is 1.60. The fourth-order valence-corrected chi connectivity index (χ4v) is 6.92. The van der Waals surface area contributed by atoms with Gasteiger partial charge in [0.25, 0.3) is 0 Å². The Morgan fingerprint density at radius 3 is 2.32 bits per heavy atom. The lowest BCUT2D eigenvalue weighted by Gasteiger charge is -2.26. The maximum absolute atomic E-state index is 6.99. The second-order valence-corrected chi connectivity index (χ2v) is 10.6. The van der Waals surface area contributed by atoms with Crippen LogP contribution in [0.3, 0.4) is 0 Å². The van der Waals surface area contributed by atoms with Gasteiger partial charge >= 0.3 is 0 Å². The van der Waals surface area contributed by atoms with E-state index in [0.29, 0.717) is 0 Å². The van der Waals surface area contributed by atoms with Gasteiger partial charge in [-0.2, -0.15) is 0 Å². The van der Waals surface area contributed by atoms with Crippen molar-refractivity contribution in [1.82, 2.24) is 0 Å². The van der Waals surface area contributed by atoms with Crippen molar-refractivity contribution in [2.45, 2.75) is 51.9 Å². The normalized spacial score (nSPS) is 16.0. The van der Waals surface area contributed by atoms with E-state index >= 15 is 0 Å². The summed E-state index contributed by atoms with van der Waals surface area (Å²) in [6.45, 7) is 6.58. The average molecular weight is 445 g/mol. The van der Waals surface area contributed by atoms with E-state index in [1.54, 1.807) is 0 Å². The maximum Gasteiger partial charge on any atom is 0.216 e. The number of furan rings is 1. The fraction of sp³-hybridized carbons (Fsp3) is 0.281. The molecule has 1 spiro atoms. The zero-order chi connectivity index (χ0) is 23.2. The van der Waals surface area contributed by atoms with Crippen LogP contribution in [-0.2, 0) is 12.5 Å². The fourth-order valence-electron chi connectivity index (χ4n) is 6.92. The number of nitrogens with zero attached hydrogens (tertiary/aromatic N) is 1. The van der Waals surface area contributed by atoms with Gasteiger partial charge < -0.3 is 4.42 Å². The quantitative estimate of drug-likeness (QED) is 0.241. The minimum absolute atomic E-state index is 0.0969. The van der Waals surface area contributed by atoms with E-state index < -0.39 is 0 Å². The molecule has 168 valence electrons. The van der Waals surface area contributed by atoms with Crippen molar-refractivity contribution >= 4 is 21.9 Å². The van der Waals surface area contributed by atoms with Gasteiger partial charge in [0.15, 0.2) is 6.20 Å². The predicted molar refractivity (Wildman–Crippen MR) is 139 cm³/mol. The Kier molecular flexibility index (Phi) is 4.02. The van der Waals surface area contributed by atoms with Crippen LogP contribution in [0.4, 0.5) is 0 Å². The molecule has 5 aromatic rings. The number of hydrogen-bond donors (Lipinski definition) is 0. The zero-order valence-corrected chi connectivity index (χ0v) is 20.5. The number of hydrogen-bond acceptors (Lipinski definition) is 1. The lowest BCUT2D eigenvalue weighted by Crippen LogP contribution is -2.31. The first-order valence-electron chi connectivity index (χ1n) is 12.6. The minimum Gasteiger partial charge on any atom is -0.455 e. The third-order valence-corrected chi connectivity index (χ3v) is 8.69. The first-order chi connectivity index (χ1) is 16.5. The lowest BCUT2D eigenvalue weighted by atomic mass is 9.76. The van der Waals surface area contributed by atoms with Crippen LogP contribution in [-0.4, -0.2) is 0 Å². The summed E-state index contributed by atoms with van der Waals surface area (Å²) >= 11 is 0. The lowest BCUT2D eigenvalue weighted by molar-refractivity contribution is -0.660. The Morgan fingerprint density at radius 1 is 0.765 bits per heavy atom. The molecule has 2 aromatic heterocycles. The molecule has 3 aromatic carbocycles. The van der Waals surface area contributed by atoms with Gasteiger partial charge in [-0.3, -0.25) is 0 Å². The molecule has 2 heteroatoms. The predicted octanol–water partition coefficient (Wildman–Crippen LogP) is 7.84. The molecule has 0 unspecified atom stereocenters. The van der Waals surface area contributed by atoms with E-state index in [1.165, 1.54) is 86.7 Å². The molecule has 1 fully saturated rings. The zero-order valence-electron chi connectivity index (χ0n) is 20.5. The third-order valence-electron chi connectivity index (χ3n) is 8.69. The summed E-state index contributed by atoms with van der Waals surface area (Å²) in [5, 5.41) is 2.47. The van der Waals surface area contributed by atoms with Crippen LogP contribution in [0.15, 0.2) is 65.2 Å². The number of pyridine rings is 1. The van der Waals surface area contributed by atoms with Gasteiger partial charge in [0.1, 0.15) is 18.2 Å². The molecule has 0 radical (unpaired) electrons. The summed E-state index contributed by atoms with van der Waals surface area (Å²) < 4.78 is 9.24. The van der Waals surface area contributed by atoms with Gasteiger partial charge in [0.05, 0.1) is 5.56 Å². The van der Waals surface area contributed by atoms with E-state index in [4.69, 9.17) is 4.42 Å². The molecule has 2 heterocycles. The van der Waals surface area contributed by atoms with Crippen LogP contribution in [0, 0.1) is 20.8 Å². The van der Waals surface area contributed by atoms with Crippen molar-refractivity contribution in [3.63, 3.8) is 0 Å². The van der Waals surface area contributed by atoms with Crippen molar-refractivity contribution < 1.29 is 8.98 Å². The molecule has 0 atom stereocenters. The molecule has 1 saturated carbocycles. The van der Waals surface area contributed by atoms with Crippen molar-refractivity contribution in [2.24, 2.45) is 7.05 Å². The van der Waals surface area contributed by atoms with Gasteiger partial charge in [-0.15, -0.1) is 0 Å². The summed E-state index contributed by atoms with van der Waals surface area (Å²) in [6, 6.07) is 20.5. The highest BCUT2D eigenvalue weighted by molar-refractivity contribution is 6.12. The molecular weight excluding hydrogens is 414 g/mol. The van der Waals surface area contributed by atoms with E-state index in [-0.39, 0.29) is 5.41 Å². The molecule has 0 bridgehead atoms. The standard InChI is InChI=1S/C32H30NO/c1-19-11-12-24-25-14-13-23-22-9-5-6-10-26(22)32(15-7-8-16-32)29(23)31(25)34-30(24)28(19)27-17-20(2)21(3)18-33(27)4/h5-6,9-14,17-18H,7-8,15-16H2,1-4H3/q+1. The number of aromatic nitrogens is 1. The van der Waals surface area contributed by atoms with Crippen molar-refractivity contribution in [1.29, 1.82) is 0 Å². The number of rotatable bonds is 1. The highest BCUT2D eigenvalue weighted by Crippen LogP contribution is 2.59. The SMILES string of the molecule is Cc1cc(-c2c(C)ccc3c2oc2c4c(ccc23)-c2ccccc2C42CCCC2)[n+](C)cc1C. The molecule has 0 aliphatic heterocycles. The van der Waals surface area contributed by atoms with Gasteiger partial charge in [-0.1, -0.05) is 55.3 Å². The van der Waals surface area contributed by atoms with Crippen molar-refractivity contribution in [2.75, 3.05) is 0 Å². The topological polar surface area (TPSA) is 17.0 Å². The van der Waals surface area contributed by atoms with Gasteiger partial charge in [-0.25, -0.2) is 4.57 Å². The first kappa shape index (κ1) is 20.0. The molecule has 0 N–H and O–H groups in total. The molecule has 0 amide bonds. The van der Waals surface area contributed by atoms with Crippen LogP contribution in [0.25, 0.3) is 44.3 Å². The van der Waals surface area contributed by atoms with Crippen LogP contribution < -0.4 is 4.57 Å². The molecule has 7 rings (SSSR count). The molecule has 2 nitrogen and oxygen atoms in total. The molecular formula is C32H30NO+. The Morgan fingerprint density at radius 2 is 1.50 bits per heavy atom. The number of fused-ring (bicyclic) bond motifs is 9. The van der Waals surface area contributed by atoms with E-state index in [2.05, 4.69) is 93.2 Å². The largest absolute Gasteiger partial charge is 0.455 e. The minimum atomic E-state index is 0.0969. The van der Waals surface area contributed by atoms with Gasteiger partial charge in [-0.05, 0) is 67.5 Å². The third kappa shape index (κ3) is 2.44. The Hall–Kier alpha value is -3.39. The molecule has 2 aliphatic rings. The smallest absolute Gasteiger partial charge is 0.216 e. The van der Waals surface area contributed by atoms with Crippen molar-refractivity contribution in [3.8, 4) is 22.4 Å². The summed E-state index contributed by atoms with van der Waals surface area (Å²) in [7, 11) is 2.14. The average Bonchev–Trinajstić information content (AvgIpc) is 3.53. The van der Waals surface area contributed by atoms with E-state index in [9.17, 15) is 0 Å². The summed E-state index contributed by atoms with van der Waals surface area (Å²) in [5.41, 5.74) is 14.2. The second kappa shape index (κ2) is 6.82. The van der Waals surface area contributed by atoms with E-state index in [0.717, 1.165) is 11.2 Å². The Bertz CT molecular complexity index is 1650. The van der Waals surface area contributed by atoms with Crippen LogP contribution in [0.1, 0.15) is 53.5 Å². The van der Waals surface area contributed by atoms with Crippen LogP contribution in [0.5, 0.6) is 0 Å². The van der Waals surface area contributed by atoms with Crippen LogP contribution >= 0.6 is 0 Å². The number of benzene rings is 3. The number of aryl methyl sites for hydroxylation is 4. The first-order valence-corrected chi connectivity index (χ1v) is 12.6. The van der Waals surface area contributed by atoms with Crippen molar-refractivity contribution in [3.05, 3.63) is 88.6 Å².